The molecule has 1 aliphatic heterocycles. The van der Waals surface area contributed by atoms with E-state index in [0.717, 1.165) is 6.42 Å². The molecule has 0 unspecified atom stereocenters. The van der Waals surface area contributed by atoms with Gasteiger partial charge in [-0.2, -0.15) is 0 Å². The highest BCUT2D eigenvalue weighted by Crippen LogP contribution is 2.23. The first-order valence-electron chi connectivity index (χ1n) is 5.41. The van der Waals surface area contributed by atoms with Crippen molar-refractivity contribution in [2.75, 3.05) is 19.6 Å². The largest absolute Gasteiger partial charge is 0.459 e. The lowest BCUT2D eigenvalue weighted by molar-refractivity contribution is -0.163. The van der Waals surface area contributed by atoms with Crippen molar-refractivity contribution in [3.63, 3.8) is 0 Å². The Morgan fingerprint density at radius 1 is 1.47 bits per heavy atom. The van der Waals surface area contributed by atoms with Gasteiger partial charge in [-0.15, -0.1) is 0 Å². The van der Waals surface area contributed by atoms with Crippen molar-refractivity contribution < 1.29 is 14.6 Å². The topological polar surface area (TPSA) is 49.8 Å². The first-order chi connectivity index (χ1) is 6.74. The van der Waals surface area contributed by atoms with Crippen molar-refractivity contribution in [1.29, 1.82) is 0 Å². The third-order valence-electron chi connectivity index (χ3n) is 2.47. The molecule has 0 aromatic rings. The van der Waals surface area contributed by atoms with Crippen LogP contribution in [0.5, 0.6) is 0 Å². The average molecular weight is 215 g/mol. The third-order valence-corrected chi connectivity index (χ3v) is 2.47. The molecule has 0 saturated carbocycles. The van der Waals surface area contributed by atoms with Crippen molar-refractivity contribution in [3.8, 4) is 0 Å². The standard InChI is InChI=1S/C11H21NO3/c1-5-11(14)7-12(8-11)6-9(13)15-10(2,3)4/h14H,5-8H2,1-4H3. The number of ether oxygens (including phenoxy) is 1. The van der Waals surface area contributed by atoms with E-state index >= 15 is 0 Å². The van der Waals surface area contributed by atoms with Crippen LogP contribution in [0.15, 0.2) is 0 Å². The van der Waals surface area contributed by atoms with E-state index in [1.165, 1.54) is 0 Å². The van der Waals surface area contributed by atoms with Gasteiger partial charge in [-0.3, -0.25) is 9.69 Å². The van der Waals surface area contributed by atoms with Crippen LogP contribution < -0.4 is 0 Å². The summed E-state index contributed by atoms with van der Waals surface area (Å²) in [6.07, 6.45) is 0.734. The van der Waals surface area contributed by atoms with E-state index in [2.05, 4.69) is 0 Å². The Kier molecular flexibility index (Phi) is 3.41. The van der Waals surface area contributed by atoms with Crippen LogP contribution in [-0.4, -0.2) is 46.8 Å². The normalized spacial score (nSPS) is 20.9. The summed E-state index contributed by atoms with van der Waals surface area (Å²) in [5.74, 6) is -0.222. The molecule has 1 N–H and O–H groups in total. The second-order valence-corrected chi connectivity index (χ2v) is 5.31. The number of hydrogen-bond donors (Lipinski definition) is 1. The first kappa shape index (κ1) is 12.5. The maximum Gasteiger partial charge on any atom is 0.320 e. The fourth-order valence-electron chi connectivity index (χ4n) is 1.68. The smallest absolute Gasteiger partial charge is 0.320 e. The van der Waals surface area contributed by atoms with Crippen LogP contribution in [0.2, 0.25) is 0 Å². The molecule has 4 heteroatoms. The van der Waals surface area contributed by atoms with Crippen molar-refractivity contribution >= 4 is 5.97 Å². The summed E-state index contributed by atoms with van der Waals surface area (Å²) in [5.41, 5.74) is -1.01. The number of esters is 1. The molecule has 0 aromatic carbocycles. The van der Waals surface area contributed by atoms with Crippen molar-refractivity contribution in [1.82, 2.24) is 4.90 Å². The van der Waals surface area contributed by atoms with E-state index in [9.17, 15) is 9.90 Å². The number of carbonyl (C=O) groups is 1. The number of likely N-dealkylation sites (tertiary alicyclic amines) is 1. The minimum atomic E-state index is -0.581. The number of β-amino-alcohol motifs (C(OH)–C–C–N with tert-alkyl or cyclic N) is 1. The number of nitrogens with zero attached hydrogens (tertiary/aromatic N) is 1. The molecule has 0 aliphatic carbocycles. The molecule has 15 heavy (non-hydrogen) atoms. The molecule has 0 amide bonds. The maximum absolute atomic E-state index is 11.4. The highest BCUT2D eigenvalue weighted by atomic mass is 16.6. The molecule has 0 radical (unpaired) electrons. The number of aliphatic hydroxyl groups is 1. The lowest BCUT2D eigenvalue weighted by atomic mass is 9.91. The summed E-state index contributed by atoms with van der Waals surface area (Å²) in [5, 5.41) is 9.74. The van der Waals surface area contributed by atoms with E-state index in [-0.39, 0.29) is 12.5 Å². The van der Waals surface area contributed by atoms with Gasteiger partial charge in [0, 0.05) is 13.1 Å². The SMILES string of the molecule is CCC1(O)CN(CC(=O)OC(C)(C)C)C1. The number of rotatable bonds is 3. The average Bonchev–Trinajstić information content (AvgIpc) is 1.97. The summed E-state index contributed by atoms with van der Waals surface area (Å²) in [7, 11) is 0. The Balaban J connectivity index is 2.25. The zero-order valence-electron chi connectivity index (χ0n) is 10.0. The maximum atomic E-state index is 11.4. The molecule has 4 nitrogen and oxygen atoms in total. The van der Waals surface area contributed by atoms with Crippen LogP contribution in [0.25, 0.3) is 0 Å². The van der Waals surface area contributed by atoms with Gasteiger partial charge in [-0.25, -0.2) is 0 Å². The Bertz CT molecular complexity index is 239. The molecule has 1 saturated heterocycles. The van der Waals surface area contributed by atoms with Crippen molar-refractivity contribution in [2.45, 2.75) is 45.3 Å². The van der Waals surface area contributed by atoms with E-state index < -0.39 is 11.2 Å². The van der Waals surface area contributed by atoms with E-state index in [0.29, 0.717) is 13.1 Å². The van der Waals surface area contributed by atoms with Crippen LogP contribution in [0.4, 0.5) is 0 Å². The quantitative estimate of drug-likeness (QED) is 0.707. The predicted octanol–water partition coefficient (Wildman–Crippen LogP) is 0.785. The van der Waals surface area contributed by atoms with Crippen molar-refractivity contribution in [3.05, 3.63) is 0 Å². The van der Waals surface area contributed by atoms with Gasteiger partial charge < -0.3 is 9.84 Å². The molecule has 1 aliphatic rings. The van der Waals surface area contributed by atoms with Crippen LogP contribution in [0, 0.1) is 0 Å². The van der Waals surface area contributed by atoms with Gasteiger partial charge >= 0.3 is 5.97 Å². The van der Waals surface area contributed by atoms with Gasteiger partial charge in [0.05, 0.1) is 12.1 Å². The van der Waals surface area contributed by atoms with Gasteiger partial charge in [-0.05, 0) is 27.2 Å². The molecule has 0 bridgehead atoms. The fraction of sp³-hybridized carbons (Fsp3) is 0.909. The highest BCUT2D eigenvalue weighted by molar-refractivity contribution is 5.72. The minimum absolute atomic E-state index is 0.222. The lowest BCUT2D eigenvalue weighted by Gasteiger charge is -2.45. The first-order valence-corrected chi connectivity index (χ1v) is 5.41. The van der Waals surface area contributed by atoms with Crippen LogP contribution in [0.1, 0.15) is 34.1 Å². The summed E-state index contributed by atoms with van der Waals surface area (Å²) in [6, 6.07) is 0. The molecule has 88 valence electrons. The van der Waals surface area contributed by atoms with E-state index in [1.807, 2.05) is 32.6 Å². The second kappa shape index (κ2) is 4.10. The Hall–Kier alpha value is -0.610. The molecule has 0 spiro atoms. The van der Waals surface area contributed by atoms with Gasteiger partial charge in [0.2, 0.25) is 0 Å². The lowest BCUT2D eigenvalue weighted by Crippen LogP contribution is -2.62. The number of hydrogen-bond acceptors (Lipinski definition) is 4. The minimum Gasteiger partial charge on any atom is -0.459 e. The Labute approximate surface area is 91.2 Å². The zero-order valence-corrected chi connectivity index (χ0v) is 10.0. The number of carbonyl (C=O) groups excluding carboxylic acids is 1. The van der Waals surface area contributed by atoms with E-state index in [1.54, 1.807) is 0 Å². The molecule has 1 fully saturated rings. The second-order valence-electron chi connectivity index (χ2n) is 5.31. The third kappa shape index (κ3) is 3.80. The van der Waals surface area contributed by atoms with Gasteiger partial charge in [-0.1, -0.05) is 6.92 Å². The summed E-state index contributed by atoms with van der Waals surface area (Å²) < 4.78 is 5.18. The molecule has 1 heterocycles. The molecular weight excluding hydrogens is 194 g/mol. The van der Waals surface area contributed by atoms with Gasteiger partial charge in [0.1, 0.15) is 5.60 Å². The van der Waals surface area contributed by atoms with Crippen LogP contribution >= 0.6 is 0 Å². The van der Waals surface area contributed by atoms with Crippen LogP contribution in [0.3, 0.4) is 0 Å². The Morgan fingerprint density at radius 3 is 2.40 bits per heavy atom. The summed E-state index contributed by atoms with van der Waals surface area (Å²) in [6.45, 7) is 8.92. The van der Waals surface area contributed by atoms with Crippen LogP contribution in [-0.2, 0) is 9.53 Å². The summed E-state index contributed by atoms with van der Waals surface area (Å²) in [4.78, 5) is 13.3. The van der Waals surface area contributed by atoms with Gasteiger partial charge in [0.15, 0.2) is 0 Å². The summed E-state index contributed by atoms with van der Waals surface area (Å²) >= 11 is 0. The zero-order chi connectivity index (χ0) is 11.7. The van der Waals surface area contributed by atoms with E-state index in [4.69, 9.17) is 4.74 Å². The van der Waals surface area contributed by atoms with Gasteiger partial charge in [0.25, 0.3) is 0 Å². The molecule has 0 atom stereocenters. The molecule has 0 aromatic heterocycles. The fourth-order valence-corrected chi connectivity index (χ4v) is 1.68. The predicted molar refractivity (Wildman–Crippen MR) is 57.5 cm³/mol. The monoisotopic (exact) mass is 215 g/mol. The molecule has 1 rings (SSSR count). The van der Waals surface area contributed by atoms with Crippen molar-refractivity contribution in [2.24, 2.45) is 0 Å². The molecular formula is C11H21NO3. The highest BCUT2D eigenvalue weighted by Gasteiger charge is 2.40. The Morgan fingerprint density at radius 2 is 2.00 bits per heavy atom.